The molecule has 1 N–H and O–H groups in total. The van der Waals surface area contributed by atoms with Crippen LogP contribution in [0.1, 0.15) is 0 Å². The van der Waals surface area contributed by atoms with Gasteiger partial charge in [-0.1, -0.05) is 0 Å². The number of hydrogen-bond acceptors (Lipinski definition) is 1. The number of hydrogen-bond donors (Lipinski definition) is 1. The second-order valence-corrected chi connectivity index (χ2v) is 5.64. The van der Waals surface area contributed by atoms with Crippen molar-refractivity contribution in [2.75, 3.05) is 0 Å². The molecule has 0 bridgehead atoms. The maximum absolute atomic E-state index is 13.2. The van der Waals surface area contributed by atoms with Gasteiger partial charge in [-0.2, -0.15) is 92.2 Å². The van der Waals surface area contributed by atoms with Gasteiger partial charge in [0.15, 0.2) is 0 Å². The van der Waals surface area contributed by atoms with Gasteiger partial charge >= 0.3 is 59.7 Å². The van der Waals surface area contributed by atoms with E-state index in [1.807, 2.05) is 0 Å². The molecule has 0 saturated carbocycles. The lowest BCUT2D eigenvalue weighted by Gasteiger charge is -2.44. The maximum Gasteiger partial charge on any atom is 0.460 e. The van der Waals surface area contributed by atoms with Gasteiger partial charge in [0.2, 0.25) is 0 Å². The van der Waals surface area contributed by atoms with Crippen molar-refractivity contribution in [2.24, 2.45) is 0 Å². The Kier molecular flexibility index (Phi) is 6.67. The van der Waals surface area contributed by atoms with E-state index in [-0.39, 0.29) is 0 Å². The van der Waals surface area contributed by atoms with Crippen LogP contribution < -0.4 is 0 Å². The van der Waals surface area contributed by atoms with E-state index >= 15 is 0 Å². The van der Waals surface area contributed by atoms with Crippen LogP contribution >= 0.6 is 0 Å². The van der Waals surface area contributed by atoms with Gasteiger partial charge in [-0.25, -0.2) is 0 Å². The first kappa shape index (κ1) is 30.5. The summed E-state index contributed by atoms with van der Waals surface area (Å²) in [5, 5.41) is 7.90. The van der Waals surface area contributed by atoms with E-state index in [1.165, 1.54) is 0 Å². The van der Waals surface area contributed by atoms with Gasteiger partial charge in [0, 0.05) is 0 Å². The van der Waals surface area contributed by atoms with Crippen molar-refractivity contribution in [3.05, 3.63) is 0 Å². The van der Waals surface area contributed by atoms with Crippen molar-refractivity contribution in [3.63, 3.8) is 0 Å². The zero-order chi connectivity index (χ0) is 27.0. The van der Waals surface area contributed by atoms with Crippen molar-refractivity contribution < 1.29 is 97.3 Å². The second-order valence-electron chi connectivity index (χ2n) is 5.64. The molecule has 0 spiro atoms. The fraction of sp³-hybridized carbons (Fsp3) is 1.00. The van der Waals surface area contributed by atoms with Crippen LogP contribution in [0.4, 0.5) is 92.2 Å². The highest BCUT2D eigenvalue weighted by molar-refractivity contribution is 5.17. The molecule has 0 rings (SSSR count). The van der Waals surface area contributed by atoms with Crippen LogP contribution in [0.3, 0.4) is 0 Å². The molecule has 0 amide bonds. The number of halogens is 21. The van der Waals surface area contributed by atoms with Crippen LogP contribution in [-0.4, -0.2) is 64.8 Å². The predicted molar refractivity (Wildman–Crippen MR) is 52.8 cm³/mol. The Morgan fingerprint density at radius 1 is 0.250 bits per heavy atom. The molecule has 0 aromatic rings. The molecular formula is C10HF21O. The average Bonchev–Trinajstić information content (AvgIpc) is 2.51. The average molecular weight is 536 g/mol. The minimum atomic E-state index is -9.16. The van der Waals surface area contributed by atoms with E-state index in [0.29, 0.717) is 0 Å². The van der Waals surface area contributed by atoms with E-state index < -0.39 is 59.7 Å². The van der Waals surface area contributed by atoms with Crippen LogP contribution in [0.5, 0.6) is 0 Å². The van der Waals surface area contributed by atoms with Crippen molar-refractivity contribution in [2.45, 2.75) is 59.7 Å². The number of rotatable bonds is 7. The van der Waals surface area contributed by atoms with E-state index in [1.54, 1.807) is 0 Å². The molecule has 0 fully saturated rings. The highest BCUT2D eigenvalue weighted by Gasteiger charge is 2.97. The predicted octanol–water partition coefficient (Wildman–Crippen LogP) is 6.22. The molecule has 194 valence electrons. The zero-order valence-corrected chi connectivity index (χ0v) is 13.4. The highest BCUT2D eigenvalue weighted by Crippen LogP contribution is 2.65. The smallest absolute Gasteiger partial charge is 0.352 e. The van der Waals surface area contributed by atoms with Crippen molar-refractivity contribution in [1.29, 1.82) is 0 Å². The zero-order valence-electron chi connectivity index (χ0n) is 13.4. The van der Waals surface area contributed by atoms with E-state index in [4.69, 9.17) is 5.11 Å². The molecular weight excluding hydrogens is 535 g/mol. The molecule has 0 radical (unpaired) electrons. The summed E-state index contributed by atoms with van der Waals surface area (Å²) in [5.41, 5.74) is 0. The van der Waals surface area contributed by atoms with Gasteiger partial charge in [0.25, 0.3) is 0 Å². The van der Waals surface area contributed by atoms with Crippen LogP contribution in [0.15, 0.2) is 0 Å². The first-order valence-corrected chi connectivity index (χ1v) is 6.44. The fourth-order valence-corrected chi connectivity index (χ4v) is 1.56. The molecule has 0 aliphatic heterocycles. The molecule has 32 heavy (non-hydrogen) atoms. The summed E-state index contributed by atoms with van der Waals surface area (Å²) in [6.07, 6.45) is -15.9. The lowest BCUT2D eigenvalue weighted by molar-refractivity contribution is -0.487. The Morgan fingerprint density at radius 2 is 0.438 bits per heavy atom. The Labute approximate surface area is 158 Å². The summed E-state index contributed by atoms with van der Waals surface area (Å²) < 4.78 is 265. The first-order chi connectivity index (χ1) is 13.2. The summed E-state index contributed by atoms with van der Waals surface area (Å²) in [6, 6.07) is 0. The van der Waals surface area contributed by atoms with Gasteiger partial charge in [-0.15, -0.1) is 0 Å². The quantitative estimate of drug-likeness (QED) is 0.384. The third-order valence-corrected chi connectivity index (χ3v) is 3.52. The fourth-order valence-electron chi connectivity index (χ4n) is 1.56. The monoisotopic (exact) mass is 536 g/mol. The molecule has 0 heterocycles. The van der Waals surface area contributed by atoms with Gasteiger partial charge in [-0.05, 0) is 0 Å². The molecule has 0 aliphatic rings. The van der Waals surface area contributed by atoms with Gasteiger partial charge in [-0.3, -0.25) is 0 Å². The molecule has 0 saturated heterocycles. The largest absolute Gasteiger partial charge is 0.460 e. The topological polar surface area (TPSA) is 20.2 Å². The lowest BCUT2D eigenvalue weighted by atomic mass is 9.87. The van der Waals surface area contributed by atoms with E-state index in [9.17, 15) is 92.2 Å². The molecule has 0 aromatic heterocycles. The minimum Gasteiger partial charge on any atom is -0.352 e. The Balaban J connectivity index is 7.00. The Hall–Kier alpha value is -1.51. The minimum absolute atomic E-state index is 7.90. The molecule has 1 atom stereocenters. The number of aliphatic hydroxyl groups is 1. The lowest BCUT2D eigenvalue weighted by Crippen LogP contribution is -2.77. The van der Waals surface area contributed by atoms with Crippen molar-refractivity contribution in [3.8, 4) is 0 Å². The molecule has 0 aliphatic carbocycles. The summed E-state index contributed by atoms with van der Waals surface area (Å²) in [7, 11) is 0. The normalized spacial score (nSPS) is 18.6. The molecule has 1 unspecified atom stereocenters. The third-order valence-electron chi connectivity index (χ3n) is 3.52. The van der Waals surface area contributed by atoms with Gasteiger partial charge < -0.3 is 5.11 Å². The van der Waals surface area contributed by atoms with Crippen LogP contribution in [0, 0.1) is 0 Å². The van der Waals surface area contributed by atoms with Crippen molar-refractivity contribution >= 4 is 0 Å². The second kappa shape index (κ2) is 7.00. The van der Waals surface area contributed by atoms with Gasteiger partial charge in [0.05, 0.1) is 0 Å². The maximum atomic E-state index is 13.2. The summed E-state index contributed by atoms with van der Waals surface area (Å²) in [5.74, 6) is -70.2. The first-order valence-electron chi connectivity index (χ1n) is 6.44. The van der Waals surface area contributed by atoms with E-state index in [0.717, 1.165) is 0 Å². The van der Waals surface area contributed by atoms with E-state index in [2.05, 4.69) is 0 Å². The Bertz CT molecular complexity index is 632. The highest BCUT2D eigenvalue weighted by atomic mass is 19.4. The third kappa shape index (κ3) is 3.41. The molecule has 1 nitrogen and oxygen atoms in total. The van der Waals surface area contributed by atoms with Gasteiger partial charge in [0.1, 0.15) is 0 Å². The van der Waals surface area contributed by atoms with Crippen LogP contribution in [0.2, 0.25) is 0 Å². The number of alkyl halides is 21. The molecule has 22 heteroatoms. The van der Waals surface area contributed by atoms with Crippen LogP contribution in [-0.2, 0) is 0 Å². The summed E-state index contributed by atoms with van der Waals surface area (Å²) in [4.78, 5) is 0. The summed E-state index contributed by atoms with van der Waals surface area (Å²) in [6.45, 7) is 0. The Morgan fingerprint density at radius 3 is 0.656 bits per heavy atom. The SMILES string of the molecule is OC(F)(C(F)(F)C(F)(F)F)C(F)(F)C(F)(F)C(F)(F)C(F)(F)C(F)(F)C(F)(F)C(F)(F)F. The standard InChI is InChI=1S/C10HF21O/c11-1(12,2(13,14)4(17,18)6(21,22)9(26,27)28)3(15,16)5(19,20)8(25,32)7(23,24)10(29,30)31/h32H. The summed E-state index contributed by atoms with van der Waals surface area (Å²) >= 11 is 0. The van der Waals surface area contributed by atoms with Crippen LogP contribution in [0.25, 0.3) is 0 Å². The molecule has 0 aromatic carbocycles. The van der Waals surface area contributed by atoms with Crippen molar-refractivity contribution in [1.82, 2.24) is 0 Å².